The van der Waals surface area contributed by atoms with Gasteiger partial charge in [0.05, 0.1) is 0 Å². The summed E-state index contributed by atoms with van der Waals surface area (Å²) < 4.78 is 0. The molecule has 1 atom stereocenters. The minimum atomic E-state index is -0.465. The number of likely N-dealkylation sites (N-methyl/N-ethyl adjacent to an activating group) is 1. The molecule has 0 aromatic heterocycles. The van der Waals surface area contributed by atoms with Crippen molar-refractivity contribution >= 4 is 23.4 Å². The molecule has 0 saturated carbocycles. The molecule has 124 valence electrons. The maximum atomic E-state index is 12.4. The number of nitrogens with one attached hydrogen (secondary N) is 1. The lowest BCUT2D eigenvalue weighted by molar-refractivity contribution is -0.151. The van der Waals surface area contributed by atoms with E-state index < -0.39 is 6.04 Å². The maximum absolute atomic E-state index is 12.4. The fourth-order valence-electron chi connectivity index (χ4n) is 2.77. The molecular weight excluding hydrogens is 294 g/mol. The molecule has 1 aliphatic heterocycles. The van der Waals surface area contributed by atoms with E-state index in [-0.39, 0.29) is 24.1 Å². The van der Waals surface area contributed by atoms with Crippen molar-refractivity contribution in [2.45, 2.75) is 32.7 Å². The summed E-state index contributed by atoms with van der Waals surface area (Å²) >= 11 is 0. The third-order valence-electron chi connectivity index (χ3n) is 4.03. The second-order valence-electron chi connectivity index (χ2n) is 5.87. The molecule has 6 heteroatoms. The third kappa shape index (κ3) is 4.09. The lowest BCUT2D eigenvalue weighted by Gasteiger charge is -2.38. The molecule has 1 saturated heterocycles. The summed E-state index contributed by atoms with van der Waals surface area (Å²) in [6.45, 7) is 4.77. The van der Waals surface area contributed by atoms with E-state index in [2.05, 4.69) is 5.32 Å². The Labute approximate surface area is 136 Å². The summed E-state index contributed by atoms with van der Waals surface area (Å²) in [5, 5.41) is 2.72. The van der Waals surface area contributed by atoms with Crippen LogP contribution >= 0.6 is 0 Å². The average molecular weight is 317 g/mol. The largest absolute Gasteiger partial charge is 0.342 e. The van der Waals surface area contributed by atoms with Crippen molar-refractivity contribution in [3.05, 3.63) is 29.8 Å². The first-order valence-electron chi connectivity index (χ1n) is 7.83. The van der Waals surface area contributed by atoms with Crippen LogP contribution in [-0.4, -0.2) is 53.7 Å². The molecule has 2 rings (SSSR count). The molecule has 1 aromatic rings. The Morgan fingerprint density at radius 2 is 2.04 bits per heavy atom. The van der Waals surface area contributed by atoms with Gasteiger partial charge in [-0.15, -0.1) is 0 Å². The van der Waals surface area contributed by atoms with Crippen LogP contribution in [0.25, 0.3) is 0 Å². The van der Waals surface area contributed by atoms with E-state index in [9.17, 15) is 14.4 Å². The Morgan fingerprint density at radius 1 is 1.30 bits per heavy atom. The van der Waals surface area contributed by atoms with Crippen LogP contribution in [0.1, 0.15) is 25.3 Å². The summed E-state index contributed by atoms with van der Waals surface area (Å²) in [6.07, 6.45) is 0.301. The molecule has 1 N–H and O–H groups in total. The first kappa shape index (κ1) is 17.0. The van der Waals surface area contributed by atoms with E-state index in [0.717, 1.165) is 5.56 Å². The van der Waals surface area contributed by atoms with Gasteiger partial charge in [-0.2, -0.15) is 0 Å². The predicted octanol–water partition coefficient (Wildman–Crippen LogP) is 1.40. The average Bonchev–Trinajstić information content (AvgIpc) is 2.49. The van der Waals surface area contributed by atoms with Crippen LogP contribution in [0, 0.1) is 6.92 Å². The Kier molecular flexibility index (Phi) is 5.36. The number of benzene rings is 1. The Balaban J connectivity index is 1.97. The van der Waals surface area contributed by atoms with Gasteiger partial charge in [-0.05, 0) is 31.0 Å². The van der Waals surface area contributed by atoms with Gasteiger partial charge in [-0.25, -0.2) is 0 Å². The van der Waals surface area contributed by atoms with Crippen LogP contribution in [0.2, 0.25) is 0 Å². The Bertz CT molecular complexity index is 615. The molecule has 0 spiro atoms. The van der Waals surface area contributed by atoms with Crippen LogP contribution < -0.4 is 5.32 Å². The highest BCUT2D eigenvalue weighted by atomic mass is 16.2. The van der Waals surface area contributed by atoms with Crippen molar-refractivity contribution in [3.8, 4) is 0 Å². The smallest absolute Gasteiger partial charge is 0.245 e. The standard InChI is InChI=1S/C17H23N3O3/c1-4-14-17(23)19(3)8-9-20(14)16(22)11-15(21)18-13-7-5-6-12(2)10-13/h5-7,10,14H,4,8-9,11H2,1-3H3,(H,18,21). The number of hydrogen-bond acceptors (Lipinski definition) is 3. The summed E-state index contributed by atoms with van der Waals surface area (Å²) in [5.74, 6) is -0.725. The number of nitrogens with zero attached hydrogens (tertiary/aromatic N) is 2. The van der Waals surface area contributed by atoms with E-state index in [1.54, 1.807) is 18.0 Å². The number of carbonyl (C=O) groups excluding carboxylic acids is 3. The van der Waals surface area contributed by atoms with Crippen molar-refractivity contribution in [2.75, 3.05) is 25.5 Å². The van der Waals surface area contributed by atoms with Crippen molar-refractivity contribution in [1.29, 1.82) is 0 Å². The quantitative estimate of drug-likeness (QED) is 0.854. The van der Waals surface area contributed by atoms with E-state index in [1.807, 2.05) is 32.0 Å². The Hall–Kier alpha value is -2.37. The number of carbonyl (C=O) groups is 3. The number of hydrogen-bond donors (Lipinski definition) is 1. The van der Waals surface area contributed by atoms with Gasteiger partial charge in [0.15, 0.2) is 0 Å². The van der Waals surface area contributed by atoms with Gasteiger partial charge in [0.2, 0.25) is 17.7 Å². The van der Waals surface area contributed by atoms with Crippen LogP contribution in [-0.2, 0) is 14.4 Å². The van der Waals surface area contributed by atoms with E-state index >= 15 is 0 Å². The van der Waals surface area contributed by atoms with Gasteiger partial charge in [-0.1, -0.05) is 19.1 Å². The summed E-state index contributed by atoms with van der Waals surface area (Å²) in [4.78, 5) is 39.7. The molecule has 0 radical (unpaired) electrons. The molecule has 23 heavy (non-hydrogen) atoms. The SMILES string of the molecule is CCC1C(=O)N(C)CCN1C(=O)CC(=O)Nc1cccc(C)c1. The second kappa shape index (κ2) is 7.26. The molecule has 1 unspecified atom stereocenters. The van der Waals surface area contributed by atoms with E-state index in [4.69, 9.17) is 0 Å². The van der Waals surface area contributed by atoms with Gasteiger partial charge in [-0.3, -0.25) is 14.4 Å². The highest BCUT2D eigenvalue weighted by Crippen LogP contribution is 2.15. The maximum Gasteiger partial charge on any atom is 0.245 e. The molecule has 1 fully saturated rings. The normalized spacial score (nSPS) is 18.0. The summed E-state index contributed by atoms with van der Waals surface area (Å²) in [6, 6.07) is 6.94. The molecule has 0 bridgehead atoms. The number of amides is 3. The van der Waals surface area contributed by atoms with Crippen LogP contribution in [0.3, 0.4) is 0 Å². The number of piperazine rings is 1. The van der Waals surface area contributed by atoms with E-state index in [0.29, 0.717) is 25.2 Å². The molecule has 3 amide bonds. The van der Waals surface area contributed by atoms with Crippen LogP contribution in [0.4, 0.5) is 5.69 Å². The molecule has 6 nitrogen and oxygen atoms in total. The molecule has 1 aromatic carbocycles. The zero-order valence-corrected chi connectivity index (χ0v) is 13.8. The van der Waals surface area contributed by atoms with Crippen molar-refractivity contribution in [3.63, 3.8) is 0 Å². The summed E-state index contributed by atoms with van der Waals surface area (Å²) in [5.41, 5.74) is 1.70. The number of aryl methyl sites for hydroxylation is 1. The zero-order chi connectivity index (χ0) is 17.0. The van der Waals surface area contributed by atoms with Crippen molar-refractivity contribution in [1.82, 2.24) is 9.80 Å². The Morgan fingerprint density at radius 3 is 2.70 bits per heavy atom. The second-order valence-corrected chi connectivity index (χ2v) is 5.87. The third-order valence-corrected chi connectivity index (χ3v) is 4.03. The highest BCUT2D eigenvalue weighted by molar-refractivity contribution is 6.04. The summed E-state index contributed by atoms with van der Waals surface area (Å²) in [7, 11) is 1.73. The van der Waals surface area contributed by atoms with E-state index in [1.165, 1.54) is 4.90 Å². The number of rotatable bonds is 4. The molecule has 0 aliphatic carbocycles. The fraction of sp³-hybridized carbons (Fsp3) is 0.471. The monoisotopic (exact) mass is 317 g/mol. The minimum Gasteiger partial charge on any atom is -0.342 e. The lowest BCUT2D eigenvalue weighted by Crippen LogP contribution is -2.57. The first-order valence-corrected chi connectivity index (χ1v) is 7.83. The zero-order valence-electron chi connectivity index (χ0n) is 13.8. The lowest BCUT2D eigenvalue weighted by atomic mass is 10.1. The van der Waals surface area contributed by atoms with Crippen LogP contribution in [0.5, 0.6) is 0 Å². The minimum absolute atomic E-state index is 0.0637. The predicted molar refractivity (Wildman–Crippen MR) is 87.9 cm³/mol. The van der Waals surface area contributed by atoms with Gasteiger partial charge >= 0.3 is 0 Å². The van der Waals surface area contributed by atoms with Crippen molar-refractivity contribution in [2.24, 2.45) is 0 Å². The molecule has 1 heterocycles. The van der Waals surface area contributed by atoms with Gasteiger partial charge < -0.3 is 15.1 Å². The molecule has 1 aliphatic rings. The molecular formula is C17H23N3O3. The number of anilines is 1. The van der Waals surface area contributed by atoms with Gasteiger partial charge in [0, 0.05) is 25.8 Å². The topological polar surface area (TPSA) is 69.7 Å². The van der Waals surface area contributed by atoms with Crippen LogP contribution in [0.15, 0.2) is 24.3 Å². The first-order chi connectivity index (χ1) is 10.9. The van der Waals surface area contributed by atoms with Crippen molar-refractivity contribution < 1.29 is 14.4 Å². The fourth-order valence-corrected chi connectivity index (χ4v) is 2.77. The highest BCUT2D eigenvalue weighted by Gasteiger charge is 2.34. The van der Waals surface area contributed by atoms with Gasteiger partial charge in [0.25, 0.3) is 0 Å². The van der Waals surface area contributed by atoms with Gasteiger partial charge in [0.1, 0.15) is 12.5 Å².